The minimum absolute atomic E-state index is 0.159. The minimum Gasteiger partial charge on any atom is -0.370 e. The highest BCUT2D eigenvalue weighted by molar-refractivity contribution is 8.00. The van der Waals surface area contributed by atoms with Crippen molar-refractivity contribution in [3.8, 4) is 0 Å². The predicted molar refractivity (Wildman–Crippen MR) is 84.3 cm³/mol. The maximum Gasteiger partial charge on any atom is 0.235 e. The number of thioether (sulfide) groups is 1. The molecule has 8 heteroatoms. The topological polar surface area (TPSA) is 94.1 Å². The Balaban J connectivity index is 1.94. The first kappa shape index (κ1) is 16.8. The largest absolute Gasteiger partial charge is 0.370 e. The molecule has 2 amide bonds. The third-order valence-electron chi connectivity index (χ3n) is 3.82. The van der Waals surface area contributed by atoms with Gasteiger partial charge in [0.25, 0.3) is 0 Å². The molecule has 1 aliphatic heterocycles. The Hall–Kier alpha value is -1.57. The van der Waals surface area contributed by atoms with E-state index < -0.39 is 0 Å². The SMILES string of the molecule is C[C@H](Sc1nnc(CCC(N)=O)n1C)C(=O)N1CCCCC1. The van der Waals surface area contributed by atoms with Gasteiger partial charge in [-0.3, -0.25) is 9.59 Å². The van der Waals surface area contributed by atoms with Crippen molar-refractivity contribution in [1.82, 2.24) is 19.7 Å². The van der Waals surface area contributed by atoms with Crippen LogP contribution in [-0.2, 0) is 23.1 Å². The van der Waals surface area contributed by atoms with Gasteiger partial charge in [0.1, 0.15) is 5.82 Å². The lowest BCUT2D eigenvalue weighted by Crippen LogP contribution is -2.40. The van der Waals surface area contributed by atoms with Crippen molar-refractivity contribution in [2.24, 2.45) is 12.8 Å². The number of nitrogens with zero attached hydrogens (tertiary/aromatic N) is 4. The highest BCUT2D eigenvalue weighted by atomic mass is 32.2. The van der Waals surface area contributed by atoms with Gasteiger partial charge < -0.3 is 15.2 Å². The van der Waals surface area contributed by atoms with Crippen LogP contribution in [0, 0.1) is 0 Å². The number of rotatable bonds is 6. The average molecular weight is 325 g/mol. The minimum atomic E-state index is -0.356. The van der Waals surface area contributed by atoms with Gasteiger partial charge in [-0.1, -0.05) is 11.8 Å². The molecule has 0 saturated carbocycles. The summed E-state index contributed by atoms with van der Waals surface area (Å²) in [5, 5.41) is 8.69. The zero-order valence-electron chi connectivity index (χ0n) is 13.1. The summed E-state index contributed by atoms with van der Waals surface area (Å²) in [6.07, 6.45) is 4.10. The second-order valence-electron chi connectivity index (χ2n) is 5.57. The van der Waals surface area contributed by atoms with Crippen LogP contribution in [0.1, 0.15) is 38.4 Å². The van der Waals surface area contributed by atoms with Crippen molar-refractivity contribution < 1.29 is 9.59 Å². The molecule has 2 rings (SSSR count). The molecule has 1 aromatic heterocycles. The summed E-state index contributed by atoms with van der Waals surface area (Å²) in [5.74, 6) is 0.510. The van der Waals surface area contributed by atoms with E-state index >= 15 is 0 Å². The van der Waals surface area contributed by atoms with Gasteiger partial charge >= 0.3 is 0 Å². The van der Waals surface area contributed by atoms with Crippen molar-refractivity contribution in [3.05, 3.63) is 5.82 Å². The summed E-state index contributed by atoms with van der Waals surface area (Å²) in [6, 6.07) is 0. The van der Waals surface area contributed by atoms with Crippen LogP contribution in [-0.4, -0.2) is 49.8 Å². The fraction of sp³-hybridized carbons (Fsp3) is 0.714. The molecule has 0 radical (unpaired) electrons. The van der Waals surface area contributed by atoms with E-state index in [1.54, 1.807) is 0 Å². The Kier molecular flexibility index (Phi) is 5.82. The zero-order chi connectivity index (χ0) is 16.1. The maximum atomic E-state index is 12.4. The van der Waals surface area contributed by atoms with Gasteiger partial charge in [0, 0.05) is 33.0 Å². The summed E-state index contributed by atoms with van der Waals surface area (Å²) in [5.41, 5.74) is 5.15. The number of primary amides is 1. The molecule has 1 aromatic rings. The quantitative estimate of drug-likeness (QED) is 0.778. The zero-order valence-corrected chi connectivity index (χ0v) is 13.9. The Labute approximate surface area is 134 Å². The first-order chi connectivity index (χ1) is 10.5. The molecule has 1 atom stereocenters. The van der Waals surface area contributed by atoms with Crippen molar-refractivity contribution in [1.29, 1.82) is 0 Å². The maximum absolute atomic E-state index is 12.4. The van der Waals surface area contributed by atoms with Crippen molar-refractivity contribution in [2.45, 2.75) is 49.4 Å². The average Bonchev–Trinajstić information content (AvgIpc) is 2.86. The number of hydrogen-bond acceptors (Lipinski definition) is 5. The number of hydrogen-bond donors (Lipinski definition) is 1. The number of carbonyl (C=O) groups is 2. The lowest BCUT2D eigenvalue weighted by Gasteiger charge is -2.28. The summed E-state index contributed by atoms with van der Waals surface area (Å²) < 4.78 is 1.83. The van der Waals surface area contributed by atoms with Gasteiger partial charge in [0.05, 0.1) is 5.25 Å². The smallest absolute Gasteiger partial charge is 0.235 e. The van der Waals surface area contributed by atoms with Crippen LogP contribution in [0.5, 0.6) is 0 Å². The standard InChI is InChI=1S/C14H23N5O2S/c1-10(13(21)19-8-4-3-5-9-19)22-14-17-16-12(18(14)2)7-6-11(15)20/h10H,3-9H2,1-2H3,(H2,15,20)/t10-/m0/s1. The molecule has 0 bridgehead atoms. The second kappa shape index (κ2) is 7.62. The van der Waals surface area contributed by atoms with Crippen molar-refractivity contribution in [2.75, 3.05) is 13.1 Å². The van der Waals surface area contributed by atoms with Gasteiger partial charge in [-0.05, 0) is 26.2 Å². The van der Waals surface area contributed by atoms with Crippen molar-refractivity contribution in [3.63, 3.8) is 0 Å². The molecular weight excluding hydrogens is 302 g/mol. The van der Waals surface area contributed by atoms with Gasteiger partial charge in [0.2, 0.25) is 11.8 Å². The fourth-order valence-electron chi connectivity index (χ4n) is 2.48. The molecule has 1 aliphatic rings. The summed E-state index contributed by atoms with van der Waals surface area (Å²) in [6.45, 7) is 3.61. The monoisotopic (exact) mass is 325 g/mol. The van der Waals surface area contributed by atoms with Crippen molar-refractivity contribution >= 4 is 23.6 Å². The molecule has 1 saturated heterocycles. The molecular formula is C14H23N5O2S. The predicted octanol–water partition coefficient (Wildman–Crippen LogP) is 0.726. The van der Waals surface area contributed by atoms with Crippen LogP contribution < -0.4 is 5.73 Å². The summed E-state index contributed by atoms with van der Waals surface area (Å²) in [7, 11) is 1.84. The Morgan fingerprint density at radius 2 is 1.95 bits per heavy atom. The number of aromatic nitrogens is 3. The van der Waals surface area contributed by atoms with E-state index in [9.17, 15) is 9.59 Å². The van der Waals surface area contributed by atoms with Crippen LogP contribution in [0.15, 0.2) is 5.16 Å². The molecule has 0 aliphatic carbocycles. The van der Waals surface area contributed by atoms with Crippen LogP contribution in [0.4, 0.5) is 0 Å². The van der Waals surface area contributed by atoms with E-state index in [0.29, 0.717) is 17.4 Å². The van der Waals surface area contributed by atoms with E-state index in [4.69, 9.17) is 5.73 Å². The number of amides is 2. The highest BCUT2D eigenvalue weighted by Crippen LogP contribution is 2.24. The van der Waals surface area contributed by atoms with Crippen LogP contribution >= 0.6 is 11.8 Å². The van der Waals surface area contributed by atoms with Crippen LogP contribution in [0.25, 0.3) is 0 Å². The molecule has 2 heterocycles. The lowest BCUT2D eigenvalue weighted by atomic mass is 10.1. The van der Waals surface area contributed by atoms with E-state index in [2.05, 4.69) is 10.2 Å². The number of piperidine rings is 1. The molecule has 2 N–H and O–H groups in total. The Morgan fingerprint density at radius 1 is 1.27 bits per heavy atom. The van der Waals surface area contributed by atoms with E-state index in [0.717, 1.165) is 25.9 Å². The van der Waals surface area contributed by atoms with Gasteiger partial charge in [0.15, 0.2) is 5.16 Å². The van der Waals surface area contributed by atoms with E-state index in [1.165, 1.54) is 18.2 Å². The number of likely N-dealkylation sites (tertiary alicyclic amines) is 1. The fourth-order valence-corrected chi connectivity index (χ4v) is 3.40. The normalized spacial score (nSPS) is 16.5. The van der Waals surface area contributed by atoms with Gasteiger partial charge in [-0.15, -0.1) is 10.2 Å². The summed E-state index contributed by atoms with van der Waals surface area (Å²) in [4.78, 5) is 25.2. The molecule has 0 aromatic carbocycles. The lowest BCUT2D eigenvalue weighted by molar-refractivity contribution is -0.131. The third kappa shape index (κ3) is 4.22. The van der Waals surface area contributed by atoms with Crippen LogP contribution in [0.3, 0.4) is 0 Å². The molecule has 0 unspecified atom stereocenters. The van der Waals surface area contributed by atoms with E-state index in [1.807, 2.05) is 23.4 Å². The van der Waals surface area contributed by atoms with Gasteiger partial charge in [-0.25, -0.2) is 0 Å². The van der Waals surface area contributed by atoms with Gasteiger partial charge in [-0.2, -0.15) is 0 Å². The first-order valence-corrected chi connectivity index (χ1v) is 8.49. The second-order valence-corrected chi connectivity index (χ2v) is 6.88. The Morgan fingerprint density at radius 3 is 2.59 bits per heavy atom. The highest BCUT2D eigenvalue weighted by Gasteiger charge is 2.24. The molecule has 7 nitrogen and oxygen atoms in total. The van der Waals surface area contributed by atoms with E-state index in [-0.39, 0.29) is 23.5 Å². The number of nitrogens with two attached hydrogens (primary N) is 1. The molecule has 0 spiro atoms. The number of aryl methyl sites for hydroxylation is 1. The third-order valence-corrected chi connectivity index (χ3v) is 4.94. The Bertz CT molecular complexity index is 539. The molecule has 1 fully saturated rings. The first-order valence-electron chi connectivity index (χ1n) is 7.61. The summed E-state index contributed by atoms with van der Waals surface area (Å²) >= 11 is 1.41. The molecule has 22 heavy (non-hydrogen) atoms. The number of carbonyl (C=O) groups excluding carboxylic acids is 2. The van der Waals surface area contributed by atoms with Crippen LogP contribution in [0.2, 0.25) is 0 Å². The molecule has 122 valence electrons.